The molecule has 0 N–H and O–H groups in total. The zero-order valence-corrected chi connectivity index (χ0v) is 19.9. The molecule has 2 amide bonds. The molecule has 0 spiro atoms. The van der Waals surface area contributed by atoms with E-state index < -0.39 is 6.09 Å². The molecule has 0 atom stereocenters. The van der Waals surface area contributed by atoms with E-state index in [9.17, 15) is 14.4 Å². The molecule has 0 heterocycles. The number of ether oxygens (including phenoxy) is 3. The van der Waals surface area contributed by atoms with Gasteiger partial charge in [0.25, 0.3) is 0 Å². The van der Waals surface area contributed by atoms with Crippen LogP contribution in [0.25, 0.3) is 0 Å². The van der Waals surface area contributed by atoms with Gasteiger partial charge in [-0.05, 0) is 31.9 Å². The first-order valence-corrected chi connectivity index (χ1v) is 11.8. The summed E-state index contributed by atoms with van der Waals surface area (Å²) >= 11 is 0. The Bertz CT molecular complexity index is 691. The number of nitrogens with zero attached hydrogens (tertiary/aromatic N) is 1. The topological polar surface area (TPSA) is 82.1 Å². The number of amides is 2. The Morgan fingerprint density at radius 2 is 1.50 bits per heavy atom. The molecule has 0 saturated carbocycles. The van der Waals surface area contributed by atoms with E-state index in [0.29, 0.717) is 24.5 Å². The molecule has 1 aromatic rings. The van der Waals surface area contributed by atoms with Gasteiger partial charge in [0, 0.05) is 12.8 Å². The van der Waals surface area contributed by atoms with Gasteiger partial charge in [-0.3, -0.25) is 9.59 Å². The molecule has 0 fully saturated rings. The van der Waals surface area contributed by atoms with Gasteiger partial charge >= 0.3 is 12.1 Å². The number of anilines is 1. The molecular formula is C25H39NO6. The van der Waals surface area contributed by atoms with E-state index in [1.54, 1.807) is 31.2 Å². The van der Waals surface area contributed by atoms with Gasteiger partial charge in [0.05, 0.1) is 26.0 Å². The van der Waals surface area contributed by atoms with E-state index in [1.807, 2.05) is 0 Å². The minimum atomic E-state index is -0.739. The summed E-state index contributed by atoms with van der Waals surface area (Å²) < 4.78 is 15.5. The number of methoxy groups -OCH3 is 1. The van der Waals surface area contributed by atoms with Crippen molar-refractivity contribution in [1.29, 1.82) is 0 Å². The average Bonchev–Trinajstić information content (AvgIpc) is 2.79. The molecule has 0 aliphatic carbocycles. The van der Waals surface area contributed by atoms with Crippen molar-refractivity contribution in [2.75, 3.05) is 25.2 Å². The first kappa shape index (κ1) is 27.5. The third-order valence-electron chi connectivity index (χ3n) is 5.05. The number of carbonyl (C=O) groups is 3. The van der Waals surface area contributed by atoms with Crippen LogP contribution < -0.4 is 9.64 Å². The van der Waals surface area contributed by atoms with Crippen molar-refractivity contribution in [3.05, 3.63) is 24.3 Å². The molecule has 32 heavy (non-hydrogen) atoms. The lowest BCUT2D eigenvalue weighted by molar-refractivity contribution is -0.143. The van der Waals surface area contributed by atoms with Crippen molar-refractivity contribution in [2.45, 2.75) is 84.5 Å². The molecule has 0 bridgehead atoms. The third kappa shape index (κ3) is 10.6. The highest BCUT2D eigenvalue weighted by Gasteiger charge is 2.26. The number of hydrogen-bond acceptors (Lipinski definition) is 6. The largest absolute Gasteiger partial charge is 0.491 e. The summed E-state index contributed by atoms with van der Waals surface area (Å²) in [5.41, 5.74) is 0.347. The molecule has 0 saturated heterocycles. The summed E-state index contributed by atoms with van der Waals surface area (Å²) in [5.74, 6) is -0.197. The van der Waals surface area contributed by atoms with E-state index in [-0.39, 0.29) is 31.3 Å². The van der Waals surface area contributed by atoms with Crippen LogP contribution in [0.2, 0.25) is 0 Å². The molecule has 1 rings (SSSR count). The van der Waals surface area contributed by atoms with Crippen LogP contribution in [0.15, 0.2) is 24.3 Å². The summed E-state index contributed by atoms with van der Waals surface area (Å²) in [5, 5.41) is 0. The minimum absolute atomic E-state index is 0.244. The molecule has 7 heteroatoms. The lowest BCUT2D eigenvalue weighted by Crippen LogP contribution is -2.37. The second kappa shape index (κ2) is 17.0. The fourth-order valence-electron chi connectivity index (χ4n) is 3.34. The molecule has 7 nitrogen and oxygen atoms in total. The van der Waals surface area contributed by atoms with Gasteiger partial charge in [0.2, 0.25) is 5.91 Å². The lowest BCUT2D eigenvalue weighted by atomic mass is 10.1. The quantitative estimate of drug-likeness (QED) is 0.226. The highest BCUT2D eigenvalue weighted by molar-refractivity contribution is 6.13. The Morgan fingerprint density at radius 1 is 0.844 bits per heavy atom. The number of benzene rings is 1. The van der Waals surface area contributed by atoms with Gasteiger partial charge in [0.15, 0.2) is 0 Å². The van der Waals surface area contributed by atoms with E-state index in [1.165, 1.54) is 39.2 Å². The molecule has 180 valence electrons. The molecule has 0 aliphatic heterocycles. The minimum Gasteiger partial charge on any atom is -0.491 e. The third-order valence-corrected chi connectivity index (χ3v) is 5.05. The van der Waals surface area contributed by atoms with Crippen LogP contribution in [0.4, 0.5) is 10.5 Å². The number of hydrogen-bond donors (Lipinski definition) is 0. The number of unbranched alkanes of at least 4 members (excludes halogenated alkanes) is 7. The van der Waals surface area contributed by atoms with Crippen LogP contribution in [0.5, 0.6) is 5.75 Å². The van der Waals surface area contributed by atoms with Gasteiger partial charge in [0.1, 0.15) is 5.75 Å². The maximum Gasteiger partial charge on any atom is 0.421 e. The van der Waals surface area contributed by atoms with Crippen LogP contribution in [0, 0.1) is 0 Å². The van der Waals surface area contributed by atoms with E-state index in [2.05, 4.69) is 6.92 Å². The summed E-state index contributed by atoms with van der Waals surface area (Å²) in [6, 6.07) is 6.85. The molecule has 1 aromatic carbocycles. The van der Waals surface area contributed by atoms with E-state index >= 15 is 0 Å². The monoisotopic (exact) mass is 449 g/mol. The van der Waals surface area contributed by atoms with Crippen molar-refractivity contribution < 1.29 is 28.6 Å². The summed E-state index contributed by atoms with van der Waals surface area (Å²) in [6.45, 7) is 4.57. The molecule has 0 unspecified atom stereocenters. The van der Waals surface area contributed by atoms with Gasteiger partial charge < -0.3 is 14.2 Å². The normalized spacial score (nSPS) is 10.5. The Morgan fingerprint density at radius 3 is 2.16 bits per heavy atom. The average molecular weight is 450 g/mol. The van der Waals surface area contributed by atoms with Gasteiger partial charge in [-0.1, -0.05) is 64.0 Å². The number of para-hydroxylation sites is 2. The maximum absolute atomic E-state index is 12.9. The smallest absolute Gasteiger partial charge is 0.421 e. The summed E-state index contributed by atoms with van der Waals surface area (Å²) in [4.78, 5) is 37.8. The SMILES string of the molecule is CCCCCCCCCCC(=O)N(C(=O)OC)c1ccccc1OCCCC(=O)OCC. The van der Waals surface area contributed by atoms with Crippen LogP contribution in [-0.2, 0) is 19.1 Å². The predicted octanol–water partition coefficient (Wildman–Crippen LogP) is 6.04. The predicted molar refractivity (Wildman–Crippen MR) is 125 cm³/mol. The second-order valence-corrected chi connectivity index (χ2v) is 7.65. The van der Waals surface area contributed by atoms with E-state index in [0.717, 1.165) is 24.2 Å². The van der Waals surface area contributed by atoms with Crippen molar-refractivity contribution in [3.63, 3.8) is 0 Å². The van der Waals surface area contributed by atoms with Crippen LogP contribution in [-0.4, -0.2) is 38.3 Å². The summed E-state index contributed by atoms with van der Waals surface area (Å²) in [7, 11) is 1.25. The van der Waals surface area contributed by atoms with Crippen molar-refractivity contribution in [3.8, 4) is 5.75 Å². The Balaban J connectivity index is 2.64. The molecule has 0 aliphatic rings. The van der Waals surface area contributed by atoms with Crippen LogP contribution >= 0.6 is 0 Å². The lowest BCUT2D eigenvalue weighted by Gasteiger charge is -2.22. The number of carbonyl (C=O) groups excluding carboxylic acids is 3. The van der Waals surface area contributed by atoms with Crippen molar-refractivity contribution in [1.82, 2.24) is 0 Å². The van der Waals surface area contributed by atoms with Gasteiger partial charge in [-0.15, -0.1) is 0 Å². The maximum atomic E-state index is 12.9. The first-order valence-electron chi connectivity index (χ1n) is 11.8. The number of rotatable bonds is 16. The standard InChI is InChI=1S/C25H39NO6/c1-4-6-7-8-9-10-11-12-18-23(27)26(25(29)30-3)21-16-13-14-17-22(21)32-20-15-19-24(28)31-5-2/h13-14,16-17H,4-12,15,18-20H2,1-3H3. The zero-order valence-electron chi connectivity index (χ0n) is 19.9. The first-order chi connectivity index (χ1) is 15.5. The fraction of sp³-hybridized carbons (Fsp3) is 0.640. The van der Waals surface area contributed by atoms with Crippen LogP contribution in [0.1, 0.15) is 84.5 Å². The van der Waals surface area contributed by atoms with E-state index in [4.69, 9.17) is 14.2 Å². The van der Waals surface area contributed by atoms with Gasteiger partial charge in [-0.2, -0.15) is 0 Å². The highest BCUT2D eigenvalue weighted by atomic mass is 16.5. The second-order valence-electron chi connectivity index (χ2n) is 7.65. The van der Waals surface area contributed by atoms with Crippen molar-refractivity contribution in [2.24, 2.45) is 0 Å². The Hall–Kier alpha value is -2.57. The number of esters is 1. The Kier molecular flexibility index (Phi) is 14.6. The van der Waals surface area contributed by atoms with Gasteiger partial charge in [-0.25, -0.2) is 9.69 Å². The highest BCUT2D eigenvalue weighted by Crippen LogP contribution is 2.30. The summed E-state index contributed by atoms with van der Waals surface area (Å²) in [6.07, 6.45) is 9.20. The molecular weight excluding hydrogens is 410 g/mol. The number of imide groups is 1. The fourth-order valence-corrected chi connectivity index (χ4v) is 3.34. The zero-order chi connectivity index (χ0) is 23.6. The molecule has 0 aromatic heterocycles. The Labute approximate surface area is 192 Å². The molecule has 0 radical (unpaired) electrons. The van der Waals surface area contributed by atoms with Crippen LogP contribution in [0.3, 0.4) is 0 Å². The van der Waals surface area contributed by atoms with Crippen molar-refractivity contribution >= 4 is 23.7 Å².